The van der Waals surface area contributed by atoms with Crippen LogP contribution in [0.15, 0.2) is 36.5 Å². The van der Waals surface area contributed by atoms with E-state index >= 15 is 0 Å². The number of aliphatic hydroxyl groups excluding tert-OH is 1. The summed E-state index contributed by atoms with van der Waals surface area (Å²) in [5.41, 5.74) is 1.97. The Hall–Kier alpha value is -3.13. The molecule has 0 saturated carbocycles. The van der Waals surface area contributed by atoms with E-state index in [1.54, 1.807) is 26.3 Å². The summed E-state index contributed by atoms with van der Waals surface area (Å²) in [7, 11) is 1.61. The molecule has 3 N–H and O–H groups in total. The predicted molar refractivity (Wildman–Crippen MR) is 126 cm³/mol. The fourth-order valence-electron chi connectivity index (χ4n) is 5.04. The molecule has 0 radical (unpaired) electrons. The van der Waals surface area contributed by atoms with Crippen molar-refractivity contribution >= 4 is 17.6 Å². The van der Waals surface area contributed by atoms with Gasteiger partial charge >= 0.3 is 0 Å². The average molecular weight is 453 g/mol. The smallest absolute Gasteiger partial charge is 0.253 e. The first kappa shape index (κ1) is 23.0. The van der Waals surface area contributed by atoms with Gasteiger partial charge in [0, 0.05) is 41.5 Å². The second-order valence-electron chi connectivity index (χ2n) is 9.03. The van der Waals surface area contributed by atoms with Crippen LogP contribution in [0.4, 0.5) is 5.82 Å². The first-order chi connectivity index (χ1) is 15.9. The molecule has 2 fully saturated rings. The van der Waals surface area contributed by atoms with Gasteiger partial charge in [0.05, 0.1) is 19.3 Å². The number of carbonyl (C=O) groups is 2. The number of amides is 2. The van der Waals surface area contributed by atoms with Crippen LogP contribution >= 0.6 is 0 Å². The van der Waals surface area contributed by atoms with E-state index in [2.05, 4.69) is 20.5 Å². The van der Waals surface area contributed by atoms with Gasteiger partial charge in [-0.1, -0.05) is 6.07 Å². The van der Waals surface area contributed by atoms with Crippen LogP contribution in [0.1, 0.15) is 58.9 Å². The maximum absolute atomic E-state index is 12.9. The van der Waals surface area contributed by atoms with Crippen LogP contribution in [-0.4, -0.2) is 59.8 Å². The largest absolute Gasteiger partial charge is 0.496 e. The normalized spacial score (nSPS) is 22.5. The first-order valence-electron chi connectivity index (χ1n) is 11.5. The molecule has 1 aromatic heterocycles. The molecule has 3 heterocycles. The lowest BCUT2D eigenvalue weighted by atomic mass is 9.96. The Morgan fingerprint density at radius 1 is 1.18 bits per heavy atom. The molecule has 0 aliphatic carbocycles. The highest BCUT2D eigenvalue weighted by atomic mass is 16.5. The van der Waals surface area contributed by atoms with E-state index in [0.717, 1.165) is 37.1 Å². The fraction of sp³-hybridized carbons (Fsp3) is 0.480. The Kier molecular flexibility index (Phi) is 6.83. The summed E-state index contributed by atoms with van der Waals surface area (Å²) in [6.45, 7) is 3.54. The quantitative estimate of drug-likeness (QED) is 0.596. The molecule has 2 aliphatic rings. The second-order valence-corrected chi connectivity index (χ2v) is 9.03. The minimum atomic E-state index is -0.303. The molecule has 1 aromatic carbocycles. The van der Waals surface area contributed by atoms with Crippen molar-refractivity contribution in [2.75, 3.05) is 18.6 Å². The van der Waals surface area contributed by atoms with Crippen LogP contribution in [0.25, 0.3) is 0 Å². The average Bonchev–Trinajstić information content (AvgIpc) is 3.09. The zero-order chi connectivity index (χ0) is 23.5. The maximum atomic E-state index is 12.9. The van der Waals surface area contributed by atoms with Gasteiger partial charge in [0.1, 0.15) is 11.6 Å². The molecule has 2 saturated heterocycles. The van der Waals surface area contributed by atoms with Crippen LogP contribution in [0, 0.1) is 6.92 Å². The number of piperidine rings is 1. The van der Waals surface area contributed by atoms with Gasteiger partial charge in [-0.3, -0.25) is 9.59 Å². The van der Waals surface area contributed by atoms with Crippen LogP contribution in [-0.2, 0) is 0 Å². The van der Waals surface area contributed by atoms with Gasteiger partial charge in [0.25, 0.3) is 11.8 Å². The number of aliphatic hydroxyl groups is 1. The van der Waals surface area contributed by atoms with E-state index in [1.807, 2.05) is 31.2 Å². The van der Waals surface area contributed by atoms with E-state index < -0.39 is 0 Å². The van der Waals surface area contributed by atoms with E-state index in [4.69, 9.17) is 9.84 Å². The third kappa shape index (κ3) is 4.80. The summed E-state index contributed by atoms with van der Waals surface area (Å²) in [4.78, 5) is 32.1. The highest BCUT2D eigenvalue weighted by molar-refractivity contribution is 5.96. The zero-order valence-corrected chi connectivity index (χ0v) is 19.4. The van der Waals surface area contributed by atoms with E-state index in [-0.39, 0.29) is 30.5 Å². The summed E-state index contributed by atoms with van der Waals surface area (Å²) in [6, 6.07) is 9.63. The molecule has 8 nitrogen and oxygen atoms in total. The highest BCUT2D eigenvalue weighted by Crippen LogP contribution is 2.38. The number of pyridine rings is 1. The predicted octanol–water partition coefficient (Wildman–Crippen LogP) is 2.44. The Labute approximate surface area is 194 Å². The first-order valence-corrected chi connectivity index (χ1v) is 11.5. The molecule has 33 heavy (non-hydrogen) atoms. The number of anilines is 1. The molecule has 4 rings (SSSR count). The lowest BCUT2D eigenvalue weighted by Gasteiger charge is -2.40. The molecule has 176 valence electrons. The van der Waals surface area contributed by atoms with Crippen molar-refractivity contribution in [1.82, 2.24) is 15.6 Å². The van der Waals surface area contributed by atoms with Gasteiger partial charge in [-0.25, -0.2) is 4.98 Å². The SMILES string of the molecule is COc1cccc(C(=O)NC2CC3CCC(C2)N3c2ccc(C(=O)N[C@@H](C)CO)cn2)c1C. The summed E-state index contributed by atoms with van der Waals surface area (Å²) in [5, 5.41) is 15.1. The van der Waals surface area contributed by atoms with Crippen molar-refractivity contribution in [2.24, 2.45) is 0 Å². The van der Waals surface area contributed by atoms with E-state index in [1.165, 1.54) is 0 Å². The van der Waals surface area contributed by atoms with Crippen molar-refractivity contribution in [2.45, 2.75) is 63.7 Å². The molecular formula is C25H32N4O4. The number of rotatable bonds is 7. The third-order valence-corrected chi connectivity index (χ3v) is 6.74. The Balaban J connectivity index is 1.40. The number of nitrogens with one attached hydrogen (secondary N) is 2. The Morgan fingerprint density at radius 3 is 2.52 bits per heavy atom. The van der Waals surface area contributed by atoms with Gasteiger partial charge < -0.3 is 25.4 Å². The van der Waals surface area contributed by atoms with Gasteiger partial charge in [0.15, 0.2) is 0 Å². The molecule has 2 aromatic rings. The zero-order valence-electron chi connectivity index (χ0n) is 19.4. The number of hydrogen-bond donors (Lipinski definition) is 3. The molecule has 2 bridgehead atoms. The van der Waals surface area contributed by atoms with Crippen molar-refractivity contribution in [3.63, 3.8) is 0 Å². The van der Waals surface area contributed by atoms with Crippen LogP contribution < -0.4 is 20.3 Å². The van der Waals surface area contributed by atoms with Crippen molar-refractivity contribution in [3.8, 4) is 5.75 Å². The molecule has 2 aliphatic heterocycles. The number of nitrogens with zero attached hydrogens (tertiary/aromatic N) is 2. The minimum absolute atomic E-state index is 0.0603. The number of carbonyl (C=O) groups excluding carboxylic acids is 2. The standard InChI is InChI=1S/C25H32N4O4/c1-15(14-30)27-24(31)17-7-10-23(26-13-17)29-19-8-9-20(29)12-18(11-19)28-25(32)21-5-4-6-22(33-3)16(21)2/h4-7,10,13,15,18-20,30H,8-9,11-12,14H2,1-3H3,(H,27,31)(H,28,32)/t15-,18?,19?,20?/m0/s1. The minimum Gasteiger partial charge on any atom is -0.496 e. The fourth-order valence-corrected chi connectivity index (χ4v) is 5.04. The topological polar surface area (TPSA) is 104 Å². The summed E-state index contributed by atoms with van der Waals surface area (Å²) in [5.74, 6) is 1.27. The van der Waals surface area contributed by atoms with Crippen molar-refractivity contribution < 1.29 is 19.4 Å². The maximum Gasteiger partial charge on any atom is 0.253 e. The highest BCUT2D eigenvalue weighted by Gasteiger charge is 2.42. The Morgan fingerprint density at radius 2 is 1.91 bits per heavy atom. The van der Waals surface area contributed by atoms with E-state index in [9.17, 15) is 9.59 Å². The Bertz CT molecular complexity index is 996. The van der Waals surface area contributed by atoms with Gasteiger partial charge in [-0.2, -0.15) is 0 Å². The summed E-state index contributed by atoms with van der Waals surface area (Å²) >= 11 is 0. The molecule has 3 atom stereocenters. The molecule has 2 unspecified atom stereocenters. The monoisotopic (exact) mass is 452 g/mol. The molecule has 8 heteroatoms. The van der Waals surface area contributed by atoms with Gasteiger partial charge in [-0.15, -0.1) is 0 Å². The third-order valence-electron chi connectivity index (χ3n) is 6.74. The molecular weight excluding hydrogens is 420 g/mol. The van der Waals surface area contributed by atoms with Crippen LogP contribution in [0.5, 0.6) is 5.75 Å². The number of aromatic nitrogens is 1. The molecule has 2 amide bonds. The summed E-state index contributed by atoms with van der Waals surface area (Å²) in [6.07, 6.45) is 5.44. The number of methoxy groups -OCH3 is 1. The number of benzene rings is 1. The van der Waals surface area contributed by atoms with Gasteiger partial charge in [0.2, 0.25) is 0 Å². The number of ether oxygens (including phenoxy) is 1. The van der Waals surface area contributed by atoms with Gasteiger partial charge in [-0.05, 0) is 63.8 Å². The lowest BCUT2D eigenvalue weighted by molar-refractivity contribution is 0.0916. The van der Waals surface area contributed by atoms with Crippen molar-refractivity contribution in [3.05, 3.63) is 53.2 Å². The second kappa shape index (κ2) is 9.79. The van der Waals surface area contributed by atoms with E-state index in [0.29, 0.717) is 29.0 Å². The number of hydrogen-bond acceptors (Lipinski definition) is 6. The number of fused-ring (bicyclic) bond motifs is 2. The van der Waals surface area contributed by atoms with Crippen LogP contribution in [0.3, 0.4) is 0 Å². The summed E-state index contributed by atoms with van der Waals surface area (Å²) < 4.78 is 5.35. The van der Waals surface area contributed by atoms with Crippen molar-refractivity contribution in [1.29, 1.82) is 0 Å². The molecule has 0 spiro atoms. The lowest BCUT2D eigenvalue weighted by Crippen LogP contribution is -2.50. The van der Waals surface area contributed by atoms with Crippen LogP contribution in [0.2, 0.25) is 0 Å².